The molecule has 2 aromatic carbocycles. The molecule has 2 rings (SSSR count). The number of hydrogen-bond donors (Lipinski definition) is 1. The lowest BCUT2D eigenvalue weighted by atomic mass is 10.2. The summed E-state index contributed by atoms with van der Waals surface area (Å²) in [6, 6.07) is 8.07. The van der Waals surface area contributed by atoms with E-state index in [4.69, 9.17) is 25.8 Å². The fourth-order valence-electron chi connectivity index (χ4n) is 2.19. The number of non-ortho nitro benzene ring substituents is 1. The number of halogens is 1. The second kappa shape index (κ2) is 9.56. The van der Waals surface area contributed by atoms with E-state index in [2.05, 4.69) is 5.32 Å². The SMILES string of the molecule is CCOc1ccc(C(=O)OCC(=O)Nc2cc([N+](=O)[O-])ccc2Cl)cc1OC. The highest BCUT2D eigenvalue weighted by Crippen LogP contribution is 2.28. The minimum absolute atomic E-state index is 0.0413. The van der Waals surface area contributed by atoms with E-state index in [1.807, 2.05) is 6.92 Å². The van der Waals surface area contributed by atoms with Gasteiger partial charge in [-0.1, -0.05) is 11.6 Å². The number of nitrogens with one attached hydrogen (secondary N) is 1. The maximum Gasteiger partial charge on any atom is 0.338 e. The summed E-state index contributed by atoms with van der Waals surface area (Å²) in [4.78, 5) is 34.3. The number of esters is 1. The van der Waals surface area contributed by atoms with Gasteiger partial charge in [0.15, 0.2) is 18.1 Å². The number of benzene rings is 2. The van der Waals surface area contributed by atoms with E-state index in [1.54, 1.807) is 6.07 Å². The number of nitro groups is 1. The zero-order chi connectivity index (χ0) is 20.7. The van der Waals surface area contributed by atoms with Gasteiger partial charge in [0.2, 0.25) is 0 Å². The molecule has 0 unspecified atom stereocenters. The molecule has 2 aromatic rings. The standard InChI is InChI=1S/C18H17ClN2O7/c1-3-27-15-7-4-11(8-16(15)26-2)18(23)28-10-17(22)20-14-9-12(21(24)25)5-6-13(14)19/h4-9H,3,10H2,1-2H3,(H,20,22). The number of rotatable bonds is 8. The number of hydrogen-bond acceptors (Lipinski definition) is 7. The molecule has 0 aliphatic rings. The quantitative estimate of drug-likeness (QED) is 0.403. The summed E-state index contributed by atoms with van der Waals surface area (Å²) in [7, 11) is 1.43. The maximum atomic E-state index is 12.1. The Balaban J connectivity index is 2.00. The molecular weight excluding hydrogens is 392 g/mol. The first-order chi connectivity index (χ1) is 13.3. The van der Waals surface area contributed by atoms with Crippen molar-refractivity contribution in [1.29, 1.82) is 0 Å². The number of methoxy groups -OCH3 is 1. The van der Waals surface area contributed by atoms with Crippen LogP contribution in [0.1, 0.15) is 17.3 Å². The van der Waals surface area contributed by atoms with Crippen LogP contribution in [0, 0.1) is 10.1 Å². The van der Waals surface area contributed by atoms with Crippen LogP contribution in [0.25, 0.3) is 0 Å². The normalized spacial score (nSPS) is 10.1. The van der Waals surface area contributed by atoms with Gasteiger partial charge in [-0.15, -0.1) is 0 Å². The highest BCUT2D eigenvalue weighted by Gasteiger charge is 2.16. The third kappa shape index (κ3) is 5.34. The average Bonchev–Trinajstić information content (AvgIpc) is 2.68. The van der Waals surface area contributed by atoms with Crippen LogP contribution in [0.4, 0.5) is 11.4 Å². The molecule has 0 radical (unpaired) electrons. The molecule has 0 aliphatic carbocycles. The molecule has 0 saturated heterocycles. The Bertz CT molecular complexity index is 901. The molecule has 28 heavy (non-hydrogen) atoms. The number of amides is 1. The molecular formula is C18H17ClN2O7. The summed E-state index contributed by atoms with van der Waals surface area (Å²) < 4.78 is 15.5. The van der Waals surface area contributed by atoms with Gasteiger partial charge in [0.25, 0.3) is 11.6 Å². The number of ether oxygens (including phenoxy) is 3. The molecule has 0 saturated carbocycles. The average molecular weight is 409 g/mol. The summed E-state index contributed by atoms with van der Waals surface area (Å²) in [6.45, 7) is 1.64. The number of anilines is 1. The largest absolute Gasteiger partial charge is 0.493 e. The molecule has 148 valence electrons. The third-order valence-corrected chi connectivity index (χ3v) is 3.80. The predicted octanol–water partition coefficient (Wildman–Crippen LogP) is 3.45. The van der Waals surface area contributed by atoms with Crippen LogP contribution in [0.15, 0.2) is 36.4 Å². The summed E-state index contributed by atoms with van der Waals surface area (Å²) in [5.41, 5.74) is -0.0284. The van der Waals surface area contributed by atoms with Crippen LogP contribution in [0.3, 0.4) is 0 Å². The first-order valence-electron chi connectivity index (χ1n) is 8.07. The highest BCUT2D eigenvalue weighted by molar-refractivity contribution is 6.33. The summed E-state index contributed by atoms with van der Waals surface area (Å²) in [5.74, 6) is -0.626. The highest BCUT2D eigenvalue weighted by atomic mass is 35.5. The van der Waals surface area contributed by atoms with Gasteiger partial charge in [0, 0.05) is 12.1 Å². The zero-order valence-electron chi connectivity index (χ0n) is 15.1. The van der Waals surface area contributed by atoms with E-state index in [0.29, 0.717) is 18.1 Å². The molecule has 0 atom stereocenters. The van der Waals surface area contributed by atoms with Gasteiger partial charge in [-0.05, 0) is 31.2 Å². The second-order valence-electron chi connectivity index (χ2n) is 5.34. The first kappa shape index (κ1) is 21.0. The number of nitrogens with zero attached hydrogens (tertiary/aromatic N) is 1. The van der Waals surface area contributed by atoms with Gasteiger partial charge >= 0.3 is 5.97 Å². The van der Waals surface area contributed by atoms with E-state index < -0.39 is 23.4 Å². The minimum atomic E-state index is -0.748. The minimum Gasteiger partial charge on any atom is -0.493 e. The Labute approximate surface area is 165 Å². The van der Waals surface area contributed by atoms with Gasteiger partial charge in [0.05, 0.1) is 34.9 Å². The van der Waals surface area contributed by atoms with Crippen LogP contribution in [0.5, 0.6) is 11.5 Å². The Morgan fingerprint density at radius 2 is 1.93 bits per heavy atom. The maximum absolute atomic E-state index is 12.1. The topological polar surface area (TPSA) is 117 Å². The van der Waals surface area contributed by atoms with Crippen LogP contribution in [-0.4, -0.2) is 37.1 Å². The third-order valence-electron chi connectivity index (χ3n) is 3.47. The van der Waals surface area contributed by atoms with Crippen molar-refractivity contribution in [3.05, 3.63) is 57.1 Å². The molecule has 0 spiro atoms. The molecule has 0 aliphatic heterocycles. The van der Waals surface area contributed by atoms with Crippen molar-refractivity contribution in [1.82, 2.24) is 0 Å². The van der Waals surface area contributed by atoms with Crippen molar-refractivity contribution >= 4 is 34.9 Å². The molecule has 0 aromatic heterocycles. The Morgan fingerprint density at radius 3 is 2.57 bits per heavy atom. The van der Waals surface area contributed by atoms with Crippen molar-refractivity contribution < 1.29 is 28.7 Å². The first-order valence-corrected chi connectivity index (χ1v) is 8.45. The summed E-state index contributed by atoms with van der Waals surface area (Å²) in [6.07, 6.45) is 0. The van der Waals surface area contributed by atoms with Crippen molar-refractivity contribution in [3.8, 4) is 11.5 Å². The van der Waals surface area contributed by atoms with Gasteiger partial charge in [0.1, 0.15) is 0 Å². The molecule has 1 N–H and O–H groups in total. The van der Waals surface area contributed by atoms with Crippen molar-refractivity contribution in [3.63, 3.8) is 0 Å². The molecule has 9 nitrogen and oxygen atoms in total. The summed E-state index contributed by atoms with van der Waals surface area (Å²) in [5, 5.41) is 13.3. The number of carbonyl (C=O) groups excluding carboxylic acids is 2. The Morgan fingerprint density at radius 1 is 1.18 bits per heavy atom. The predicted molar refractivity (Wildman–Crippen MR) is 101 cm³/mol. The van der Waals surface area contributed by atoms with Gasteiger partial charge in [-0.25, -0.2) is 4.79 Å². The Hall–Kier alpha value is -3.33. The Kier molecular flexibility index (Phi) is 7.16. The van der Waals surface area contributed by atoms with E-state index in [-0.39, 0.29) is 22.0 Å². The van der Waals surface area contributed by atoms with E-state index in [9.17, 15) is 19.7 Å². The smallest absolute Gasteiger partial charge is 0.338 e. The van der Waals surface area contributed by atoms with Crippen LogP contribution in [-0.2, 0) is 9.53 Å². The van der Waals surface area contributed by atoms with Crippen LogP contribution < -0.4 is 14.8 Å². The molecule has 10 heteroatoms. The fourth-order valence-corrected chi connectivity index (χ4v) is 2.36. The summed E-state index contributed by atoms with van der Waals surface area (Å²) >= 11 is 5.91. The van der Waals surface area contributed by atoms with Crippen LogP contribution in [0.2, 0.25) is 5.02 Å². The molecule has 0 heterocycles. The van der Waals surface area contributed by atoms with Gasteiger partial charge in [-0.3, -0.25) is 14.9 Å². The van der Waals surface area contributed by atoms with E-state index in [1.165, 1.54) is 31.4 Å². The van der Waals surface area contributed by atoms with Crippen LogP contribution >= 0.6 is 11.6 Å². The second-order valence-corrected chi connectivity index (χ2v) is 5.75. The zero-order valence-corrected chi connectivity index (χ0v) is 15.8. The lowest BCUT2D eigenvalue weighted by Crippen LogP contribution is -2.21. The van der Waals surface area contributed by atoms with Gasteiger partial charge < -0.3 is 19.5 Å². The number of nitro benzene ring substituents is 1. The monoisotopic (exact) mass is 408 g/mol. The van der Waals surface area contributed by atoms with E-state index in [0.717, 1.165) is 6.07 Å². The lowest BCUT2D eigenvalue weighted by Gasteiger charge is -2.11. The fraction of sp³-hybridized carbons (Fsp3) is 0.222. The van der Waals surface area contributed by atoms with Crippen molar-refractivity contribution in [2.24, 2.45) is 0 Å². The van der Waals surface area contributed by atoms with Crippen molar-refractivity contribution in [2.75, 3.05) is 25.6 Å². The van der Waals surface area contributed by atoms with E-state index >= 15 is 0 Å². The lowest BCUT2D eigenvalue weighted by molar-refractivity contribution is -0.384. The molecule has 1 amide bonds. The molecule has 0 bridgehead atoms. The van der Waals surface area contributed by atoms with Crippen molar-refractivity contribution in [2.45, 2.75) is 6.92 Å². The van der Waals surface area contributed by atoms with Gasteiger partial charge in [-0.2, -0.15) is 0 Å². The number of carbonyl (C=O) groups is 2. The molecule has 0 fully saturated rings.